The number of nitrogens with zero attached hydrogens (tertiary/aromatic N) is 4. The molecule has 0 bridgehead atoms. The summed E-state index contributed by atoms with van der Waals surface area (Å²) in [6, 6.07) is 6.66. The minimum Gasteiger partial charge on any atom is -0.345 e. The lowest BCUT2D eigenvalue weighted by atomic mass is 10.1. The van der Waals surface area contributed by atoms with E-state index in [0.29, 0.717) is 11.4 Å². The van der Waals surface area contributed by atoms with Crippen molar-refractivity contribution in [1.29, 1.82) is 5.26 Å². The van der Waals surface area contributed by atoms with E-state index >= 15 is 0 Å². The highest BCUT2D eigenvalue weighted by Gasteiger charge is 2.31. The smallest absolute Gasteiger partial charge is 0.345 e. The lowest BCUT2D eigenvalue weighted by Crippen LogP contribution is -2.05. The first-order valence-electron chi connectivity index (χ1n) is 7.33. The van der Waals surface area contributed by atoms with Crippen molar-refractivity contribution in [3.63, 3.8) is 0 Å². The van der Waals surface area contributed by atoms with Crippen LogP contribution in [0.1, 0.15) is 11.1 Å². The van der Waals surface area contributed by atoms with Crippen molar-refractivity contribution in [2.75, 3.05) is 0 Å². The Morgan fingerprint density at radius 2 is 2.04 bits per heavy atom. The van der Waals surface area contributed by atoms with Gasteiger partial charge in [-0.2, -0.15) is 18.4 Å². The predicted octanol–water partition coefficient (Wildman–Crippen LogP) is 4.64. The number of fused-ring (bicyclic) bond motifs is 1. The molecule has 0 unspecified atom stereocenters. The Kier molecular flexibility index (Phi) is 3.70. The van der Waals surface area contributed by atoms with Gasteiger partial charge in [-0.25, -0.2) is 15.0 Å². The summed E-state index contributed by atoms with van der Waals surface area (Å²) in [4.78, 5) is 16.0. The molecule has 0 amide bonds. The van der Waals surface area contributed by atoms with Crippen LogP contribution in [0.2, 0.25) is 0 Å². The highest BCUT2D eigenvalue weighted by atomic mass is 32.1. The number of nitrogens with one attached hydrogen (secondary N) is 1. The van der Waals surface area contributed by atoms with Crippen LogP contribution in [0.25, 0.3) is 33.0 Å². The van der Waals surface area contributed by atoms with E-state index in [1.54, 1.807) is 0 Å². The van der Waals surface area contributed by atoms with Gasteiger partial charge in [0.1, 0.15) is 11.7 Å². The van der Waals surface area contributed by atoms with Crippen molar-refractivity contribution < 1.29 is 13.2 Å². The molecular weight excluding hydrogens is 363 g/mol. The first-order valence-corrected chi connectivity index (χ1v) is 8.21. The second-order valence-electron chi connectivity index (χ2n) is 5.37. The Morgan fingerprint density at radius 1 is 1.19 bits per heavy atom. The minimum atomic E-state index is -4.51. The lowest BCUT2D eigenvalue weighted by Gasteiger charge is -2.07. The van der Waals surface area contributed by atoms with Gasteiger partial charge < -0.3 is 4.98 Å². The minimum absolute atomic E-state index is 0.170. The average Bonchev–Trinajstić information content (AvgIpc) is 3.29. The molecule has 0 spiro atoms. The van der Waals surface area contributed by atoms with E-state index in [2.05, 4.69) is 19.9 Å². The van der Waals surface area contributed by atoms with Gasteiger partial charge in [-0.15, -0.1) is 11.3 Å². The average molecular weight is 371 g/mol. The molecule has 0 radical (unpaired) electrons. The third-order valence-corrected chi connectivity index (χ3v) is 4.63. The van der Waals surface area contributed by atoms with E-state index in [9.17, 15) is 18.4 Å². The Hall–Kier alpha value is -3.25. The van der Waals surface area contributed by atoms with Gasteiger partial charge in [-0.3, -0.25) is 0 Å². The van der Waals surface area contributed by atoms with Crippen molar-refractivity contribution in [3.8, 4) is 28.0 Å². The summed E-state index contributed by atoms with van der Waals surface area (Å²) < 4.78 is 39.1. The van der Waals surface area contributed by atoms with Crippen molar-refractivity contribution >= 4 is 22.4 Å². The first kappa shape index (κ1) is 16.2. The van der Waals surface area contributed by atoms with Crippen LogP contribution in [-0.2, 0) is 6.18 Å². The van der Waals surface area contributed by atoms with E-state index in [-0.39, 0.29) is 22.3 Å². The number of thiophene rings is 1. The van der Waals surface area contributed by atoms with Crippen LogP contribution >= 0.6 is 11.3 Å². The Bertz CT molecular complexity index is 1140. The van der Waals surface area contributed by atoms with Crippen LogP contribution in [0.3, 0.4) is 0 Å². The normalized spacial score (nSPS) is 11.6. The molecule has 0 aliphatic carbocycles. The molecule has 1 N–H and O–H groups in total. The second kappa shape index (κ2) is 5.93. The van der Waals surface area contributed by atoms with Crippen LogP contribution in [0, 0.1) is 11.3 Å². The molecule has 9 heteroatoms. The molecule has 0 aliphatic rings. The number of aromatic nitrogens is 4. The van der Waals surface area contributed by atoms with Gasteiger partial charge in [0.25, 0.3) is 0 Å². The highest BCUT2D eigenvalue weighted by Crippen LogP contribution is 2.35. The maximum absolute atomic E-state index is 13.0. The molecule has 0 saturated carbocycles. The van der Waals surface area contributed by atoms with Crippen LogP contribution < -0.4 is 0 Å². The zero-order chi connectivity index (χ0) is 18.3. The number of nitriles is 1. The molecule has 4 aromatic rings. The quantitative estimate of drug-likeness (QED) is 0.557. The first-order chi connectivity index (χ1) is 12.5. The number of pyridine rings is 1. The van der Waals surface area contributed by atoms with E-state index in [4.69, 9.17) is 0 Å². The van der Waals surface area contributed by atoms with Gasteiger partial charge in [0.05, 0.1) is 21.7 Å². The Labute approximate surface area is 148 Å². The maximum Gasteiger partial charge on any atom is 0.417 e. The highest BCUT2D eigenvalue weighted by molar-refractivity contribution is 7.13. The van der Waals surface area contributed by atoms with Crippen molar-refractivity contribution in [3.05, 3.63) is 53.3 Å². The zero-order valence-corrected chi connectivity index (χ0v) is 13.7. The third-order valence-electron chi connectivity index (χ3n) is 3.76. The number of hydrogen-bond acceptors (Lipinski definition) is 5. The Balaban J connectivity index is 1.95. The fourth-order valence-corrected chi connectivity index (χ4v) is 3.21. The number of hydrogen-bond donors (Lipinski definition) is 1. The second-order valence-corrected chi connectivity index (χ2v) is 6.31. The number of halogens is 3. The summed E-state index contributed by atoms with van der Waals surface area (Å²) in [5.74, 6) is 0.406. The lowest BCUT2D eigenvalue weighted by molar-refractivity contribution is -0.137. The van der Waals surface area contributed by atoms with E-state index in [0.717, 1.165) is 17.1 Å². The zero-order valence-electron chi connectivity index (χ0n) is 12.9. The molecular formula is C17H8F3N5S. The van der Waals surface area contributed by atoms with Crippen molar-refractivity contribution in [2.45, 2.75) is 6.18 Å². The third kappa shape index (κ3) is 2.70. The standard InChI is InChI=1S/C17H8F3N5S/c18-17(19,20)10-4-11-12(8-24-15(11)23-7-10)14-9(5-21)6-22-16(25-14)13-2-1-3-26-13/h1-4,6-8H,(H,23,24). The molecule has 0 atom stereocenters. The van der Waals surface area contributed by atoms with Crippen molar-refractivity contribution in [2.24, 2.45) is 0 Å². The summed E-state index contributed by atoms with van der Waals surface area (Å²) in [6.45, 7) is 0. The molecule has 4 heterocycles. The van der Waals surface area contributed by atoms with Gasteiger partial charge in [-0.05, 0) is 17.5 Å². The number of rotatable bonds is 2. The topological polar surface area (TPSA) is 78.2 Å². The molecule has 5 nitrogen and oxygen atoms in total. The molecule has 4 rings (SSSR count). The number of aromatic amines is 1. The summed E-state index contributed by atoms with van der Waals surface area (Å²) >= 11 is 1.43. The molecule has 0 aromatic carbocycles. The van der Waals surface area contributed by atoms with Gasteiger partial charge in [0.15, 0.2) is 5.82 Å². The predicted molar refractivity (Wildman–Crippen MR) is 90.1 cm³/mol. The molecule has 4 aromatic heterocycles. The summed E-state index contributed by atoms with van der Waals surface area (Å²) in [5, 5.41) is 11.5. The molecule has 26 heavy (non-hydrogen) atoms. The van der Waals surface area contributed by atoms with Crippen LogP contribution in [-0.4, -0.2) is 19.9 Å². The number of alkyl halides is 3. The largest absolute Gasteiger partial charge is 0.417 e. The molecule has 0 fully saturated rings. The van der Waals surface area contributed by atoms with Crippen LogP contribution in [0.5, 0.6) is 0 Å². The number of H-pyrrole nitrogens is 1. The molecule has 128 valence electrons. The fraction of sp³-hybridized carbons (Fsp3) is 0.0588. The fourth-order valence-electron chi connectivity index (χ4n) is 2.55. The van der Waals surface area contributed by atoms with E-state index < -0.39 is 11.7 Å². The summed E-state index contributed by atoms with van der Waals surface area (Å²) in [5.41, 5.74) is 0.224. The van der Waals surface area contributed by atoms with Gasteiger partial charge >= 0.3 is 6.18 Å². The van der Waals surface area contributed by atoms with Crippen molar-refractivity contribution in [1.82, 2.24) is 19.9 Å². The van der Waals surface area contributed by atoms with Gasteiger partial charge in [0.2, 0.25) is 0 Å². The van der Waals surface area contributed by atoms with Crippen LogP contribution in [0.15, 0.2) is 42.2 Å². The summed E-state index contributed by atoms with van der Waals surface area (Å²) in [6.07, 6.45) is -0.872. The molecule has 0 aliphatic heterocycles. The monoisotopic (exact) mass is 371 g/mol. The van der Waals surface area contributed by atoms with E-state index in [1.165, 1.54) is 23.7 Å². The van der Waals surface area contributed by atoms with Gasteiger partial charge in [-0.1, -0.05) is 6.07 Å². The Morgan fingerprint density at radius 3 is 2.73 bits per heavy atom. The SMILES string of the molecule is N#Cc1cnc(-c2cccs2)nc1-c1c[nH]c2ncc(C(F)(F)F)cc12. The van der Waals surface area contributed by atoms with Crippen LogP contribution in [0.4, 0.5) is 13.2 Å². The van der Waals surface area contributed by atoms with Gasteiger partial charge in [0, 0.05) is 29.5 Å². The maximum atomic E-state index is 13.0. The van der Waals surface area contributed by atoms with E-state index in [1.807, 2.05) is 23.6 Å². The molecule has 0 saturated heterocycles. The summed E-state index contributed by atoms with van der Waals surface area (Å²) in [7, 11) is 0.